The van der Waals surface area contributed by atoms with Crippen LogP contribution < -0.4 is 10.2 Å². The fourth-order valence-electron chi connectivity index (χ4n) is 2.65. The Balaban J connectivity index is 1.60. The fraction of sp³-hybridized carbons (Fsp3) is 0.375. The largest absolute Gasteiger partial charge is 0.354 e. The maximum absolute atomic E-state index is 12.1. The van der Waals surface area contributed by atoms with Crippen LogP contribution in [0.3, 0.4) is 0 Å². The van der Waals surface area contributed by atoms with Gasteiger partial charge in [0, 0.05) is 19.3 Å². The van der Waals surface area contributed by atoms with Crippen LogP contribution in [0.5, 0.6) is 0 Å². The summed E-state index contributed by atoms with van der Waals surface area (Å²) in [5, 5.41) is 2.73. The van der Waals surface area contributed by atoms with Gasteiger partial charge in [0.1, 0.15) is 11.5 Å². The van der Waals surface area contributed by atoms with E-state index in [4.69, 9.17) is 0 Å². The summed E-state index contributed by atoms with van der Waals surface area (Å²) in [6.07, 6.45) is 5.12. The predicted octanol–water partition coefficient (Wildman–Crippen LogP) is 0.425. The summed E-state index contributed by atoms with van der Waals surface area (Å²) < 4.78 is 23.2. The van der Waals surface area contributed by atoms with Crippen molar-refractivity contribution >= 4 is 21.6 Å². The predicted molar refractivity (Wildman–Crippen MR) is 92.9 cm³/mol. The Morgan fingerprint density at radius 1 is 1.28 bits per heavy atom. The summed E-state index contributed by atoms with van der Waals surface area (Å²) in [7, 11) is -1.18. The van der Waals surface area contributed by atoms with Crippen molar-refractivity contribution < 1.29 is 13.2 Å². The van der Waals surface area contributed by atoms with Crippen molar-refractivity contribution in [3.8, 4) is 0 Å². The molecule has 0 aliphatic carbocycles. The maximum atomic E-state index is 12.1. The Bertz CT molecular complexity index is 840. The average molecular weight is 361 g/mol. The molecule has 132 valence electrons. The third-order valence-corrected chi connectivity index (χ3v) is 5.89. The number of rotatable bonds is 5. The zero-order chi connectivity index (χ0) is 17.9. The SMILES string of the molecule is CN(c1cnc(C(=O)NCc2ccccn2)cn1)C1CCS(=O)(=O)C1. The lowest BCUT2D eigenvalue weighted by Gasteiger charge is -2.23. The molecule has 1 unspecified atom stereocenters. The third-order valence-electron chi connectivity index (χ3n) is 4.14. The van der Waals surface area contributed by atoms with E-state index in [-0.39, 0.29) is 29.1 Å². The molecule has 3 rings (SSSR count). The van der Waals surface area contributed by atoms with Gasteiger partial charge < -0.3 is 10.2 Å². The molecule has 1 saturated heterocycles. The third kappa shape index (κ3) is 4.30. The van der Waals surface area contributed by atoms with Gasteiger partial charge in [-0.25, -0.2) is 18.4 Å². The minimum atomic E-state index is -2.96. The number of nitrogens with zero attached hydrogens (tertiary/aromatic N) is 4. The highest BCUT2D eigenvalue weighted by atomic mass is 32.2. The van der Waals surface area contributed by atoms with Crippen LogP contribution in [0.1, 0.15) is 22.6 Å². The highest BCUT2D eigenvalue weighted by Gasteiger charge is 2.31. The van der Waals surface area contributed by atoms with E-state index in [1.165, 1.54) is 12.4 Å². The second-order valence-electron chi connectivity index (χ2n) is 5.93. The second-order valence-corrected chi connectivity index (χ2v) is 8.16. The molecule has 0 saturated carbocycles. The van der Waals surface area contributed by atoms with Crippen LogP contribution in [0.2, 0.25) is 0 Å². The average Bonchev–Trinajstić information content (AvgIpc) is 3.00. The van der Waals surface area contributed by atoms with E-state index in [9.17, 15) is 13.2 Å². The maximum Gasteiger partial charge on any atom is 0.271 e. The molecule has 9 heteroatoms. The minimum Gasteiger partial charge on any atom is -0.354 e. The first kappa shape index (κ1) is 17.3. The van der Waals surface area contributed by atoms with Crippen LogP contribution in [0.4, 0.5) is 5.82 Å². The van der Waals surface area contributed by atoms with Crippen molar-refractivity contribution in [3.63, 3.8) is 0 Å². The molecule has 1 amide bonds. The van der Waals surface area contributed by atoms with Crippen molar-refractivity contribution in [2.24, 2.45) is 0 Å². The first-order chi connectivity index (χ1) is 11.9. The van der Waals surface area contributed by atoms with E-state index in [1.807, 2.05) is 18.2 Å². The Morgan fingerprint density at radius 2 is 2.12 bits per heavy atom. The molecular weight excluding hydrogens is 342 g/mol. The van der Waals surface area contributed by atoms with E-state index in [1.54, 1.807) is 18.1 Å². The molecule has 0 radical (unpaired) electrons. The molecule has 0 aromatic carbocycles. The molecule has 1 atom stereocenters. The van der Waals surface area contributed by atoms with Crippen LogP contribution in [-0.4, -0.2) is 53.9 Å². The summed E-state index contributed by atoms with van der Waals surface area (Å²) in [6, 6.07) is 5.37. The minimum absolute atomic E-state index is 0.108. The van der Waals surface area contributed by atoms with Crippen LogP contribution in [0.15, 0.2) is 36.8 Å². The van der Waals surface area contributed by atoms with E-state index in [0.29, 0.717) is 18.8 Å². The fourth-order valence-corrected chi connectivity index (χ4v) is 4.43. The number of hydrogen-bond donors (Lipinski definition) is 1. The van der Waals surface area contributed by atoms with E-state index in [0.717, 1.165) is 5.69 Å². The summed E-state index contributed by atoms with van der Waals surface area (Å²) >= 11 is 0. The zero-order valence-electron chi connectivity index (χ0n) is 13.8. The number of hydrogen-bond acceptors (Lipinski definition) is 7. The van der Waals surface area contributed by atoms with Crippen molar-refractivity contribution in [1.82, 2.24) is 20.3 Å². The molecule has 1 aliphatic heterocycles. The van der Waals surface area contributed by atoms with Gasteiger partial charge in [0.2, 0.25) is 0 Å². The molecular formula is C16H19N5O3S. The van der Waals surface area contributed by atoms with Gasteiger partial charge in [-0.05, 0) is 18.6 Å². The van der Waals surface area contributed by atoms with Crippen molar-refractivity contribution in [3.05, 3.63) is 48.2 Å². The van der Waals surface area contributed by atoms with Crippen molar-refractivity contribution in [2.75, 3.05) is 23.5 Å². The number of carbonyl (C=O) groups is 1. The normalized spacial score (nSPS) is 18.7. The van der Waals surface area contributed by atoms with Gasteiger partial charge in [0.05, 0.1) is 36.1 Å². The van der Waals surface area contributed by atoms with Gasteiger partial charge in [-0.1, -0.05) is 6.07 Å². The number of amides is 1. The first-order valence-electron chi connectivity index (χ1n) is 7.88. The molecule has 2 aromatic rings. The summed E-state index contributed by atoms with van der Waals surface area (Å²) in [5.74, 6) is 0.528. The Hall–Kier alpha value is -2.55. The Morgan fingerprint density at radius 3 is 2.72 bits per heavy atom. The number of sulfone groups is 1. The summed E-state index contributed by atoms with van der Waals surface area (Å²) in [6.45, 7) is 0.308. The summed E-state index contributed by atoms with van der Waals surface area (Å²) in [4.78, 5) is 26.4. The topological polar surface area (TPSA) is 105 Å². The van der Waals surface area contributed by atoms with Gasteiger partial charge in [0.15, 0.2) is 9.84 Å². The van der Waals surface area contributed by atoms with Gasteiger partial charge in [-0.15, -0.1) is 0 Å². The number of carbonyl (C=O) groups excluding carboxylic acids is 1. The lowest BCUT2D eigenvalue weighted by Crippen LogP contribution is -2.33. The van der Waals surface area contributed by atoms with E-state index < -0.39 is 9.84 Å². The molecule has 0 spiro atoms. The van der Waals surface area contributed by atoms with Crippen LogP contribution in [0.25, 0.3) is 0 Å². The smallest absolute Gasteiger partial charge is 0.271 e. The molecule has 25 heavy (non-hydrogen) atoms. The van der Waals surface area contributed by atoms with E-state index >= 15 is 0 Å². The molecule has 2 aromatic heterocycles. The Kier molecular flexibility index (Phi) is 4.93. The standard InChI is InChI=1S/C16H19N5O3S/c1-21(13-5-7-25(23,24)11-13)15-10-18-14(9-19-15)16(22)20-8-12-4-2-3-6-17-12/h2-4,6,9-10,13H,5,7-8,11H2,1H3,(H,20,22). The molecule has 0 bridgehead atoms. The second kappa shape index (κ2) is 7.14. The van der Waals surface area contributed by atoms with Crippen molar-refractivity contribution in [2.45, 2.75) is 19.0 Å². The molecule has 3 heterocycles. The van der Waals surface area contributed by atoms with Gasteiger partial charge >= 0.3 is 0 Å². The highest BCUT2D eigenvalue weighted by molar-refractivity contribution is 7.91. The zero-order valence-corrected chi connectivity index (χ0v) is 14.6. The van der Waals surface area contributed by atoms with Gasteiger partial charge in [-0.2, -0.15) is 0 Å². The lowest BCUT2D eigenvalue weighted by molar-refractivity contribution is 0.0945. The number of anilines is 1. The van der Waals surface area contributed by atoms with Gasteiger partial charge in [-0.3, -0.25) is 9.78 Å². The number of aromatic nitrogens is 3. The van der Waals surface area contributed by atoms with Gasteiger partial charge in [0.25, 0.3) is 5.91 Å². The lowest BCUT2D eigenvalue weighted by atomic mass is 10.2. The molecule has 1 fully saturated rings. The Labute approximate surface area is 146 Å². The quantitative estimate of drug-likeness (QED) is 0.823. The van der Waals surface area contributed by atoms with E-state index in [2.05, 4.69) is 20.3 Å². The molecule has 1 aliphatic rings. The van der Waals surface area contributed by atoms with Crippen LogP contribution in [0, 0.1) is 0 Å². The monoisotopic (exact) mass is 361 g/mol. The number of pyridine rings is 1. The summed E-state index contributed by atoms with van der Waals surface area (Å²) in [5.41, 5.74) is 0.953. The van der Waals surface area contributed by atoms with Crippen LogP contribution in [-0.2, 0) is 16.4 Å². The first-order valence-corrected chi connectivity index (χ1v) is 9.70. The van der Waals surface area contributed by atoms with Crippen molar-refractivity contribution in [1.29, 1.82) is 0 Å². The number of nitrogens with one attached hydrogen (secondary N) is 1. The van der Waals surface area contributed by atoms with Crippen LogP contribution >= 0.6 is 0 Å². The molecule has 1 N–H and O–H groups in total. The highest BCUT2D eigenvalue weighted by Crippen LogP contribution is 2.20. The molecule has 8 nitrogen and oxygen atoms in total.